The Morgan fingerprint density at radius 3 is 2.18 bits per heavy atom. The monoisotopic (exact) mass is 312 g/mol. The van der Waals surface area contributed by atoms with Crippen molar-refractivity contribution in [3.8, 4) is 5.69 Å². The standard InChI is InChI=1S/C17H13ClN2O2/c18-14-6-8-15(9-7-14)20-11-10-19(16(21)17(20)22)12-13-4-2-1-3-5-13/h1-11H,12H2. The maximum atomic E-state index is 12.3. The lowest BCUT2D eigenvalue weighted by molar-refractivity contribution is 0.718. The van der Waals surface area contributed by atoms with E-state index in [-0.39, 0.29) is 0 Å². The molecule has 0 spiro atoms. The zero-order valence-corrected chi connectivity index (χ0v) is 12.4. The molecule has 0 aliphatic heterocycles. The molecule has 0 bridgehead atoms. The van der Waals surface area contributed by atoms with Gasteiger partial charge in [-0.2, -0.15) is 0 Å². The Bertz CT molecular complexity index is 896. The molecule has 3 rings (SSSR count). The van der Waals surface area contributed by atoms with Crippen LogP contribution in [-0.4, -0.2) is 9.13 Å². The fraction of sp³-hybridized carbons (Fsp3) is 0.0588. The fourth-order valence-corrected chi connectivity index (χ4v) is 2.34. The topological polar surface area (TPSA) is 44.0 Å². The largest absolute Gasteiger partial charge is 0.320 e. The summed E-state index contributed by atoms with van der Waals surface area (Å²) in [6.45, 7) is 0.371. The van der Waals surface area contributed by atoms with Crippen LogP contribution in [0.4, 0.5) is 0 Å². The third-order valence-electron chi connectivity index (χ3n) is 3.36. The summed E-state index contributed by atoms with van der Waals surface area (Å²) in [6, 6.07) is 16.3. The van der Waals surface area contributed by atoms with Crippen molar-refractivity contribution in [1.82, 2.24) is 9.13 Å². The highest BCUT2D eigenvalue weighted by atomic mass is 35.5. The number of nitrogens with zero attached hydrogens (tertiary/aromatic N) is 2. The summed E-state index contributed by atoms with van der Waals surface area (Å²) < 4.78 is 2.73. The summed E-state index contributed by atoms with van der Waals surface area (Å²) in [5.41, 5.74) is 0.439. The molecule has 0 fully saturated rings. The molecule has 0 unspecified atom stereocenters. The van der Waals surface area contributed by atoms with Crippen molar-refractivity contribution in [3.05, 3.63) is 98.3 Å². The van der Waals surface area contributed by atoms with Crippen LogP contribution in [0.1, 0.15) is 5.56 Å². The van der Waals surface area contributed by atoms with Crippen molar-refractivity contribution >= 4 is 11.6 Å². The minimum atomic E-state index is -0.583. The Morgan fingerprint density at radius 2 is 1.50 bits per heavy atom. The first-order chi connectivity index (χ1) is 10.6. The van der Waals surface area contributed by atoms with Gasteiger partial charge in [-0.3, -0.25) is 14.2 Å². The summed E-state index contributed by atoms with van der Waals surface area (Å²) in [5.74, 6) is 0. The second-order valence-corrected chi connectivity index (χ2v) is 5.30. The third-order valence-corrected chi connectivity index (χ3v) is 3.61. The van der Waals surface area contributed by atoms with E-state index in [9.17, 15) is 9.59 Å². The first kappa shape index (κ1) is 14.4. The quantitative estimate of drug-likeness (QED) is 0.698. The zero-order valence-electron chi connectivity index (χ0n) is 11.6. The van der Waals surface area contributed by atoms with E-state index in [1.165, 1.54) is 9.13 Å². The summed E-state index contributed by atoms with van der Waals surface area (Å²) in [7, 11) is 0. The molecule has 0 aliphatic carbocycles. The van der Waals surface area contributed by atoms with Gasteiger partial charge in [0.05, 0.1) is 6.54 Å². The smallest absolute Gasteiger partial charge is 0.305 e. The zero-order chi connectivity index (χ0) is 15.5. The number of rotatable bonds is 3. The van der Waals surface area contributed by atoms with Crippen molar-refractivity contribution in [2.24, 2.45) is 0 Å². The first-order valence-electron chi connectivity index (χ1n) is 6.77. The fourth-order valence-electron chi connectivity index (χ4n) is 2.22. The molecular formula is C17H13ClN2O2. The van der Waals surface area contributed by atoms with Gasteiger partial charge < -0.3 is 4.57 Å². The molecule has 0 atom stereocenters. The molecule has 4 nitrogen and oxygen atoms in total. The van der Waals surface area contributed by atoms with Crippen LogP contribution in [0.15, 0.2) is 76.6 Å². The average Bonchev–Trinajstić information content (AvgIpc) is 2.54. The van der Waals surface area contributed by atoms with Crippen LogP contribution in [0.2, 0.25) is 5.02 Å². The minimum absolute atomic E-state index is 0.371. The van der Waals surface area contributed by atoms with Gasteiger partial charge in [-0.1, -0.05) is 41.9 Å². The molecule has 0 saturated heterocycles. The van der Waals surface area contributed by atoms with Gasteiger partial charge >= 0.3 is 11.1 Å². The van der Waals surface area contributed by atoms with E-state index in [2.05, 4.69) is 0 Å². The van der Waals surface area contributed by atoms with E-state index in [0.717, 1.165) is 5.56 Å². The van der Waals surface area contributed by atoms with Gasteiger partial charge in [-0.25, -0.2) is 0 Å². The molecule has 0 amide bonds. The van der Waals surface area contributed by atoms with Crippen LogP contribution < -0.4 is 11.1 Å². The molecule has 1 heterocycles. The molecule has 2 aromatic carbocycles. The summed E-state index contributed by atoms with van der Waals surface area (Å²) in [6.07, 6.45) is 3.21. The van der Waals surface area contributed by atoms with Crippen LogP contribution >= 0.6 is 11.6 Å². The number of aromatic nitrogens is 2. The van der Waals surface area contributed by atoms with Crippen molar-refractivity contribution < 1.29 is 0 Å². The van der Waals surface area contributed by atoms with E-state index in [0.29, 0.717) is 17.3 Å². The third kappa shape index (κ3) is 2.87. The van der Waals surface area contributed by atoms with Crippen molar-refractivity contribution in [1.29, 1.82) is 0 Å². The van der Waals surface area contributed by atoms with E-state index >= 15 is 0 Å². The van der Waals surface area contributed by atoms with Crippen LogP contribution in [0, 0.1) is 0 Å². The van der Waals surface area contributed by atoms with E-state index < -0.39 is 11.1 Å². The lowest BCUT2D eigenvalue weighted by atomic mass is 10.2. The van der Waals surface area contributed by atoms with Crippen LogP contribution in [0.5, 0.6) is 0 Å². The Hall–Kier alpha value is -2.59. The van der Waals surface area contributed by atoms with Gasteiger partial charge in [0.25, 0.3) is 0 Å². The minimum Gasteiger partial charge on any atom is -0.305 e. The van der Waals surface area contributed by atoms with Gasteiger partial charge in [0.2, 0.25) is 0 Å². The van der Waals surface area contributed by atoms with Crippen molar-refractivity contribution in [3.63, 3.8) is 0 Å². The molecule has 0 aliphatic rings. The van der Waals surface area contributed by atoms with Gasteiger partial charge in [0.1, 0.15) is 0 Å². The number of benzene rings is 2. The number of halogens is 1. The highest BCUT2D eigenvalue weighted by Crippen LogP contribution is 2.11. The van der Waals surface area contributed by atoms with E-state index in [4.69, 9.17) is 11.6 Å². The van der Waals surface area contributed by atoms with Gasteiger partial charge in [0, 0.05) is 23.1 Å². The normalized spacial score (nSPS) is 10.6. The second kappa shape index (κ2) is 6.03. The Balaban J connectivity index is 2.00. The van der Waals surface area contributed by atoms with Crippen molar-refractivity contribution in [2.75, 3.05) is 0 Å². The van der Waals surface area contributed by atoms with E-state index in [1.807, 2.05) is 30.3 Å². The lowest BCUT2D eigenvalue weighted by Gasteiger charge is -2.09. The lowest BCUT2D eigenvalue weighted by Crippen LogP contribution is -2.40. The molecular weight excluding hydrogens is 300 g/mol. The Morgan fingerprint density at radius 1 is 0.818 bits per heavy atom. The van der Waals surface area contributed by atoms with Gasteiger partial charge in [-0.15, -0.1) is 0 Å². The average molecular weight is 313 g/mol. The highest BCUT2D eigenvalue weighted by molar-refractivity contribution is 6.30. The predicted molar refractivity (Wildman–Crippen MR) is 86.9 cm³/mol. The number of hydrogen-bond acceptors (Lipinski definition) is 2. The summed E-state index contributed by atoms with van der Waals surface area (Å²) >= 11 is 5.83. The summed E-state index contributed by atoms with van der Waals surface area (Å²) in [4.78, 5) is 24.5. The maximum absolute atomic E-state index is 12.3. The Labute approximate surface area is 131 Å². The van der Waals surface area contributed by atoms with Crippen LogP contribution in [0.25, 0.3) is 5.69 Å². The Kier molecular flexibility index (Phi) is 3.94. The van der Waals surface area contributed by atoms with Crippen molar-refractivity contribution in [2.45, 2.75) is 6.54 Å². The molecule has 0 N–H and O–H groups in total. The molecule has 22 heavy (non-hydrogen) atoms. The molecule has 110 valence electrons. The van der Waals surface area contributed by atoms with Gasteiger partial charge in [0.15, 0.2) is 0 Å². The maximum Gasteiger partial charge on any atom is 0.320 e. The van der Waals surface area contributed by atoms with Gasteiger partial charge in [-0.05, 0) is 29.8 Å². The molecule has 0 radical (unpaired) electrons. The summed E-state index contributed by atoms with van der Waals surface area (Å²) in [5, 5.41) is 0.578. The SMILES string of the molecule is O=c1c(=O)n(-c2ccc(Cl)cc2)ccn1Cc1ccccc1. The molecule has 3 aromatic rings. The van der Waals surface area contributed by atoms with Crippen LogP contribution in [0.3, 0.4) is 0 Å². The molecule has 5 heteroatoms. The number of hydrogen-bond donors (Lipinski definition) is 0. The highest BCUT2D eigenvalue weighted by Gasteiger charge is 2.07. The predicted octanol–water partition coefficient (Wildman–Crippen LogP) is 2.70. The molecule has 0 saturated carbocycles. The molecule has 1 aromatic heterocycles. The van der Waals surface area contributed by atoms with E-state index in [1.54, 1.807) is 36.7 Å². The second-order valence-electron chi connectivity index (χ2n) is 4.87. The first-order valence-corrected chi connectivity index (χ1v) is 7.15. The van der Waals surface area contributed by atoms with Crippen LogP contribution in [-0.2, 0) is 6.54 Å².